The molecule has 0 aliphatic carbocycles. The van der Waals surface area contributed by atoms with E-state index in [9.17, 15) is 18.0 Å². The molecule has 0 spiro atoms. The number of piperidine rings is 1. The van der Waals surface area contributed by atoms with E-state index < -0.39 is 12.1 Å². The summed E-state index contributed by atoms with van der Waals surface area (Å²) in [5, 5.41) is 7.12. The summed E-state index contributed by atoms with van der Waals surface area (Å²) < 4.78 is 42.7. The van der Waals surface area contributed by atoms with Crippen LogP contribution >= 0.6 is 0 Å². The number of benzene rings is 1. The standard InChI is InChI=1S/C19H28N2O3.C2HF3O2/c1-23-11-10-20-13-16-17(14-20)21(9-8-18(16)24-2)19(22)12-15-6-4-3-5-7-15;3-2(4,5)1(6)7/h3-7,16-18H,8-14H2,1-2H3;(H,6,7)/t16-,17+,18-;/m0./s1. The van der Waals surface area contributed by atoms with Crippen LogP contribution in [-0.2, 0) is 25.5 Å². The van der Waals surface area contributed by atoms with Gasteiger partial charge in [0.15, 0.2) is 0 Å². The fourth-order valence-electron chi connectivity index (χ4n) is 4.11. The number of carboxylic acid groups (broad SMARTS) is 1. The number of rotatable bonds is 6. The van der Waals surface area contributed by atoms with E-state index in [4.69, 9.17) is 19.4 Å². The van der Waals surface area contributed by atoms with Crippen molar-refractivity contribution in [3.63, 3.8) is 0 Å². The third-order valence-corrected chi connectivity index (χ3v) is 5.62. The van der Waals surface area contributed by atoms with Crippen LogP contribution in [0, 0.1) is 5.92 Å². The van der Waals surface area contributed by atoms with E-state index in [0.29, 0.717) is 12.3 Å². The number of carbonyl (C=O) groups is 2. The van der Waals surface area contributed by atoms with Crippen LogP contribution in [0.5, 0.6) is 0 Å². The van der Waals surface area contributed by atoms with Crippen LogP contribution in [0.2, 0.25) is 0 Å². The van der Waals surface area contributed by atoms with Gasteiger partial charge in [0.1, 0.15) is 0 Å². The number of alkyl halides is 3. The van der Waals surface area contributed by atoms with Crippen LogP contribution in [0.4, 0.5) is 13.2 Å². The van der Waals surface area contributed by atoms with Crippen LogP contribution in [-0.4, -0.2) is 92.1 Å². The minimum Gasteiger partial charge on any atom is -0.475 e. The van der Waals surface area contributed by atoms with E-state index in [-0.39, 0.29) is 18.1 Å². The van der Waals surface area contributed by atoms with Crippen molar-refractivity contribution in [2.75, 3.05) is 47.0 Å². The molecule has 1 aromatic rings. The van der Waals surface area contributed by atoms with Crippen LogP contribution in [0.25, 0.3) is 0 Å². The molecule has 174 valence electrons. The Morgan fingerprint density at radius 1 is 1.16 bits per heavy atom. The second-order valence-corrected chi connectivity index (χ2v) is 7.60. The number of methoxy groups -OCH3 is 2. The Kier molecular flexibility index (Phi) is 9.27. The van der Waals surface area contributed by atoms with Gasteiger partial charge in [-0.2, -0.15) is 13.2 Å². The highest BCUT2D eigenvalue weighted by molar-refractivity contribution is 5.79. The summed E-state index contributed by atoms with van der Waals surface area (Å²) in [5.74, 6) is -2.12. The van der Waals surface area contributed by atoms with Gasteiger partial charge in [0, 0.05) is 46.3 Å². The average Bonchev–Trinajstić information content (AvgIpc) is 3.16. The smallest absolute Gasteiger partial charge is 0.475 e. The van der Waals surface area contributed by atoms with Crippen molar-refractivity contribution in [1.82, 2.24) is 9.80 Å². The van der Waals surface area contributed by atoms with E-state index >= 15 is 0 Å². The normalized spacial score (nSPS) is 23.6. The Labute approximate surface area is 179 Å². The Morgan fingerprint density at radius 2 is 1.81 bits per heavy atom. The number of hydrogen-bond donors (Lipinski definition) is 1. The van der Waals surface area contributed by atoms with Gasteiger partial charge in [0.2, 0.25) is 5.91 Å². The molecule has 7 nitrogen and oxygen atoms in total. The maximum atomic E-state index is 12.9. The predicted octanol–water partition coefficient (Wildman–Crippen LogP) is 2.06. The second kappa shape index (κ2) is 11.4. The molecule has 31 heavy (non-hydrogen) atoms. The van der Waals surface area contributed by atoms with Crippen molar-refractivity contribution < 1.29 is 37.3 Å². The third-order valence-electron chi connectivity index (χ3n) is 5.62. The molecule has 0 radical (unpaired) electrons. The molecule has 1 aromatic carbocycles. The molecule has 0 bridgehead atoms. The van der Waals surface area contributed by atoms with Crippen LogP contribution in [0.3, 0.4) is 0 Å². The Morgan fingerprint density at radius 3 is 2.35 bits per heavy atom. The fourth-order valence-corrected chi connectivity index (χ4v) is 4.11. The first kappa shape index (κ1) is 25.1. The largest absolute Gasteiger partial charge is 0.490 e. The average molecular weight is 446 g/mol. The lowest BCUT2D eigenvalue weighted by Gasteiger charge is -2.41. The number of carboxylic acids is 1. The van der Waals surface area contributed by atoms with Gasteiger partial charge in [0.05, 0.1) is 25.2 Å². The van der Waals surface area contributed by atoms with Gasteiger partial charge >= 0.3 is 12.1 Å². The summed E-state index contributed by atoms with van der Waals surface area (Å²) in [7, 11) is 3.53. The Hall–Kier alpha value is -2.17. The van der Waals surface area contributed by atoms with E-state index in [0.717, 1.165) is 44.8 Å². The van der Waals surface area contributed by atoms with Gasteiger partial charge in [-0.25, -0.2) is 4.79 Å². The first-order valence-corrected chi connectivity index (χ1v) is 10.0. The molecule has 2 saturated heterocycles. The lowest BCUT2D eigenvalue weighted by molar-refractivity contribution is -0.192. The zero-order chi connectivity index (χ0) is 23.0. The molecule has 10 heteroatoms. The third kappa shape index (κ3) is 7.19. The van der Waals surface area contributed by atoms with Gasteiger partial charge in [-0.3, -0.25) is 9.69 Å². The highest BCUT2D eigenvalue weighted by atomic mass is 19.4. The predicted molar refractivity (Wildman–Crippen MR) is 107 cm³/mol. The number of nitrogens with zero attached hydrogens (tertiary/aromatic N) is 2. The number of hydrogen-bond acceptors (Lipinski definition) is 5. The number of amides is 1. The zero-order valence-corrected chi connectivity index (χ0v) is 17.7. The SMILES string of the molecule is COCCN1C[C@@H]2[C@@H](OC)CCN(C(=O)Cc3ccccc3)[C@@H]2C1.O=C(O)C(F)(F)F. The molecule has 2 aliphatic rings. The van der Waals surface area contributed by atoms with Crippen molar-refractivity contribution in [3.05, 3.63) is 35.9 Å². The first-order chi connectivity index (χ1) is 14.7. The number of ether oxygens (including phenoxy) is 2. The second-order valence-electron chi connectivity index (χ2n) is 7.60. The zero-order valence-electron chi connectivity index (χ0n) is 17.7. The summed E-state index contributed by atoms with van der Waals surface area (Å²) in [5.41, 5.74) is 1.09. The van der Waals surface area contributed by atoms with Crippen LogP contribution in [0.15, 0.2) is 30.3 Å². The van der Waals surface area contributed by atoms with Gasteiger partial charge < -0.3 is 19.5 Å². The van der Waals surface area contributed by atoms with Crippen molar-refractivity contribution >= 4 is 11.9 Å². The van der Waals surface area contributed by atoms with Gasteiger partial charge in [0.25, 0.3) is 0 Å². The number of halogens is 3. The molecule has 3 atom stereocenters. The molecule has 2 aliphatic heterocycles. The minimum atomic E-state index is -5.08. The summed E-state index contributed by atoms with van der Waals surface area (Å²) in [6.07, 6.45) is -3.42. The fraction of sp³-hybridized carbons (Fsp3) is 0.619. The molecule has 3 rings (SSSR count). The molecule has 2 heterocycles. The van der Waals surface area contributed by atoms with Crippen molar-refractivity contribution in [1.29, 1.82) is 0 Å². The highest BCUT2D eigenvalue weighted by Crippen LogP contribution is 2.32. The maximum Gasteiger partial charge on any atom is 0.490 e. The topological polar surface area (TPSA) is 79.3 Å². The summed E-state index contributed by atoms with van der Waals surface area (Å²) in [6.45, 7) is 4.36. The van der Waals surface area contributed by atoms with Crippen molar-refractivity contribution in [2.24, 2.45) is 5.92 Å². The molecule has 0 unspecified atom stereocenters. The number of aliphatic carboxylic acids is 1. The molecule has 2 fully saturated rings. The molecule has 0 aromatic heterocycles. The van der Waals surface area contributed by atoms with E-state index in [2.05, 4.69) is 9.80 Å². The van der Waals surface area contributed by atoms with E-state index in [1.165, 1.54) is 0 Å². The van der Waals surface area contributed by atoms with Crippen LogP contribution in [0.1, 0.15) is 12.0 Å². The van der Waals surface area contributed by atoms with E-state index in [1.54, 1.807) is 14.2 Å². The summed E-state index contributed by atoms with van der Waals surface area (Å²) in [6, 6.07) is 10.3. The summed E-state index contributed by atoms with van der Waals surface area (Å²) in [4.78, 5) is 26.3. The molecule has 0 saturated carbocycles. The quantitative estimate of drug-likeness (QED) is 0.721. The number of likely N-dealkylation sites (tertiary alicyclic amines) is 2. The van der Waals surface area contributed by atoms with Gasteiger partial charge in [-0.1, -0.05) is 30.3 Å². The van der Waals surface area contributed by atoms with Crippen molar-refractivity contribution in [2.45, 2.75) is 31.2 Å². The Balaban J connectivity index is 0.000000423. The van der Waals surface area contributed by atoms with E-state index in [1.807, 2.05) is 30.3 Å². The maximum absolute atomic E-state index is 12.9. The lowest BCUT2D eigenvalue weighted by Crippen LogP contribution is -2.54. The van der Waals surface area contributed by atoms with Gasteiger partial charge in [-0.15, -0.1) is 0 Å². The molecule has 1 amide bonds. The van der Waals surface area contributed by atoms with Crippen molar-refractivity contribution in [3.8, 4) is 0 Å². The highest BCUT2D eigenvalue weighted by Gasteiger charge is 2.45. The number of carbonyl (C=O) groups excluding carboxylic acids is 1. The van der Waals surface area contributed by atoms with Crippen LogP contribution < -0.4 is 0 Å². The Bertz CT molecular complexity index is 717. The minimum absolute atomic E-state index is 0.236. The summed E-state index contributed by atoms with van der Waals surface area (Å²) >= 11 is 0. The lowest BCUT2D eigenvalue weighted by atomic mass is 9.88. The number of fused-ring (bicyclic) bond motifs is 1. The van der Waals surface area contributed by atoms with Gasteiger partial charge in [-0.05, 0) is 12.0 Å². The molecular formula is C21H29F3N2O5. The first-order valence-electron chi connectivity index (χ1n) is 10.0. The molecule has 1 N–H and O–H groups in total. The monoisotopic (exact) mass is 446 g/mol. The molecular weight excluding hydrogens is 417 g/mol.